The summed E-state index contributed by atoms with van der Waals surface area (Å²) in [6, 6.07) is 4.08. The lowest BCUT2D eigenvalue weighted by Crippen LogP contribution is -2.18. The van der Waals surface area contributed by atoms with Gasteiger partial charge in [-0.05, 0) is 43.7 Å². The van der Waals surface area contributed by atoms with Crippen LogP contribution in [0.2, 0.25) is 0 Å². The number of hydrogen-bond acceptors (Lipinski definition) is 2. The van der Waals surface area contributed by atoms with Crippen molar-refractivity contribution in [3.63, 3.8) is 0 Å². The largest absolute Gasteiger partial charge is 0.365 e. The molecule has 108 valence electrons. The van der Waals surface area contributed by atoms with Crippen molar-refractivity contribution in [3.05, 3.63) is 24.0 Å². The van der Waals surface area contributed by atoms with Gasteiger partial charge in [0.05, 0.1) is 5.75 Å². The summed E-state index contributed by atoms with van der Waals surface area (Å²) in [7, 11) is -3.83. The monoisotopic (exact) mass is 285 g/mol. The number of nitrogens with one attached hydrogen (secondary N) is 1. The summed E-state index contributed by atoms with van der Waals surface area (Å²) in [5.74, 6) is 0.919. The molecule has 0 bridgehead atoms. The average Bonchev–Trinajstić information content (AvgIpc) is 2.88. The van der Waals surface area contributed by atoms with E-state index in [9.17, 15) is 8.42 Å². The molecule has 2 rings (SSSR count). The summed E-state index contributed by atoms with van der Waals surface area (Å²) in [5, 5.41) is 0. The summed E-state index contributed by atoms with van der Waals surface area (Å²) in [6.07, 6.45) is 9.61. The molecule has 1 unspecified atom stereocenters. The molecule has 0 aliphatic heterocycles. The third-order valence-electron chi connectivity index (χ3n) is 4.16. The summed E-state index contributed by atoms with van der Waals surface area (Å²) in [6.45, 7) is 0. The molecule has 2 N–H and O–H groups in total. The van der Waals surface area contributed by atoms with Gasteiger partial charge < -0.3 is 4.98 Å². The van der Waals surface area contributed by atoms with Crippen LogP contribution in [0, 0.1) is 5.92 Å². The molecule has 0 aromatic carbocycles. The molecule has 5 heteroatoms. The van der Waals surface area contributed by atoms with E-state index >= 15 is 0 Å². The van der Waals surface area contributed by atoms with Crippen molar-refractivity contribution in [3.8, 4) is 0 Å². The SMILES string of the molecule is O=S(=O)(O)CCCC(c1ccc[nH]1)C1CCCCC1. The number of H-pyrrole nitrogens is 1. The first-order chi connectivity index (χ1) is 9.06. The van der Waals surface area contributed by atoms with E-state index in [2.05, 4.69) is 11.1 Å². The molecule has 1 fully saturated rings. The molecule has 1 aliphatic rings. The fourth-order valence-corrected chi connectivity index (χ4v) is 3.77. The predicted octanol–water partition coefficient (Wildman–Crippen LogP) is 3.35. The summed E-state index contributed by atoms with van der Waals surface area (Å²) < 4.78 is 30.5. The van der Waals surface area contributed by atoms with E-state index in [0.29, 0.717) is 18.3 Å². The van der Waals surface area contributed by atoms with Gasteiger partial charge in [-0.25, -0.2) is 0 Å². The molecule has 19 heavy (non-hydrogen) atoms. The zero-order chi connectivity index (χ0) is 13.7. The maximum Gasteiger partial charge on any atom is 0.264 e. The lowest BCUT2D eigenvalue weighted by molar-refractivity contribution is 0.289. The van der Waals surface area contributed by atoms with Crippen LogP contribution in [0.1, 0.15) is 56.6 Å². The molecule has 1 saturated carbocycles. The highest BCUT2D eigenvalue weighted by molar-refractivity contribution is 7.85. The molecule has 1 aliphatic carbocycles. The molecule has 4 nitrogen and oxygen atoms in total. The molecule has 1 heterocycles. The van der Waals surface area contributed by atoms with Crippen molar-refractivity contribution in [2.45, 2.75) is 50.9 Å². The van der Waals surface area contributed by atoms with E-state index in [-0.39, 0.29) is 5.75 Å². The van der Waals surface area contributed by atoms with Gasteiger partial charge in [0, 0.05) is 17.8 Å². The second kappa shape index (κ2) is 6.57. The van der Waals surface area contributed by atoms with Crippen LogP contribution in [0.25, 0.3) is 0 Å². The molecule has 1 aromatic heterocycles. The normalized spacial score (nSPS) is 19.4. The van der Waals surface area contributed by atoms with Crippen LogP contribution in [-0.2, 0) is 10.1 Å². The van der Waals surface area contributed by atoms with Crippen LogP contribution in [-0.4, -0.2) is 23.7 Å². The van der Waals surface area contributed by atoms with Gasteiger partial charge in [0.15, 0.2) is 0 Å². The first kappa shape index (κ1) is 14.6. The van der Waals surface area contributed by atoms with Crippen LogP contribution >= 0.6 is 0 Å². The zero-order valence-corrected chi connectivity index (χ0v) is 12.0. The number of aromatic nitrogens is 1. The highest BCUT2D eigenvalue weighted by Crippen LogP contribution is 2.38. The van der Waals surface area contributed by atoms with Crippen molar-refractivity contribution in [2.75, 3.05) is 5.75 Å². The Balaban J connectivity index is 1.98. The molecular weight excluding hydrogens is 262 g/mol. The Labute approximate surface area is 115 Å². The minimum atomic E-state index is -3.83. The summed E-state index contributed by atoms with van der Waals surface area (Å²) in [4.78, 5) is 3.27. The van der Waals surface area contributed by atoms with E-state index in [0.717, 1.165) is 6.42 Å². The molecule has 0 radical (unpaired) electrons. The highest BCUT2D eigenvalue weighted by Gasteiger charge is 2.25. The molecule has 1 atom stereocenters. The predicted molar refractivity (Wildman–Crippen MR) is 75.8 cm³/mol. The number of aromatic amines is 1. The second-order valence-corrected chi connectivity index (χ2v) is 7.13. The molecular formula is C14H23NO3S. The standard InChI is InChI=1S/C14H23NO3S/c16-19(17,18)11-5-8-13(14-9-4-10-15-14)12-6-2-1-3-7-12/h4,9-10,12-13,15H,1-3,5-8,11H2,(H,16,17,18). The van der Waals surface area contributed by atoms with Crippen LogP contribution < -0.4 is 0 Å². The van der Waals surface area contributed by atoms with Crippen molar-refractivity contribution in [1.29, 1.82) is 0 Å². The maximum absolute atomic E-state index is 10.8. The second-order valence-electron chi connectivity index (χ2n) is 5.56. The first-order valence-electron chi connectivity index (χ1n) is 7.15. The topological polar surface area (TPSA) is 70.2 Å². The Morgan fingerprint density at radius 1 is 1.32 bits per heavy atom. The third-order valence-corrected chi connectivity index (χ3v) is 4.96. The summed E-state index contributed by atoms with van der Waals surface area (Å²) in [5.41, 5.74) is 1.21. The van der Waals surface area contributed by atoms with Crippen LogP contribution in [0.4, 0.5) is 0 Å². The fourth-order valence-electron chi connectivity index (χ4n) is 3.24. The highest BCUT2D eigenvalue weighted by atomic mass is 32.2. The van der Waals surface area contributed by atoms with Gasteiger partial charge in [-0.15, -0.1) is 0 Å². The van der Waals surface area contributed by atoms with Gasteiger partial charge in [-0.3, -0.25) is 4.55 Å². The van der Waals surface area contributed by atoms with Crippen molar-refractivity contribution >= 4 is 10.1 Å². The van der Waals surface area contributed by atoms with Gasteiger partial charge in [0.1, 0.15) is 0 Å². The van der Waals surface area contributed by atoms with Gasteiger partial charge >= 0.3 is 0 Å². The average molecular weight is 285 g/mol. The molecule has 1 aromatic rings. The third kappa shape index (κ3) is 4.66. The lowest BCUT2D eigenvalue weighted by atomic mass is 9.77. The van der Waals surface area contributed by atoms with Crippen LogP contribution in [0.3, 0.4) is 0 Å². The van der Waals surface area contributed by atoms with E-state index in [4.69, 9.17) is 4.55 Å². The van der Waals surface area contributed by atoms with Gasteiger partial charge in [0.25, 0.3) is 10.1 Å². The van der Waals surface area contributed by atoms with Gasteiger partial charge in [-0.2, -0.15) is 8.42 Å². The quantitative estimate of drug-likeness (QED) is 0.787. The Morgan fingerprint density at radius 3 is 2.63 bits per heavy atom. The minimum absolute atomic E-state index is 0.128. The van der Waals surface area contributed by atoms with Crippen LogP contribution in [0.15, 0.2) is 18.3 Å². The smallest absolute Gasteiger partial charge is 0.264 e. The van der Waals surface area contributed by atoms with Crippen molar-refractivity contribution in [1.82, 2.24) is 4.98 Å². The molecule has 0 amide bonds. The summed E-state index contributed by atoms with van der Waals surface area (Å²) >= 11 is 0. The van der Waals surface area contributed by atoms with E-state index in [1.165, 1.54) is 37.8 Å². The van der Waals surface area contributed by atoms with Gasteiger partial charge in [0.2, 0.25) is 0 Å². The van der Waals surface area contributed by atoms with Crippen molar-refractivity contribution < 1.29 is 13.0 Å². The molecule has 0 spiro atoms. The fraction of sp³-hybridized carbons (Fsp3) is 0.714. The number of rotatable bonds is 6. The van der Waals surface area contributed by atoms with E-state index < -0.39 is 10.1 Å². The zero-order valence-electron chi connectivity index (χ0n) is 11.2. The van der Waals surface area contributed by atoms with E-state index in [1.807, 2.05) is 12.3 Å². The lowest BCUT2D eigenvalue weighted by Gasteiger charge is -2.29. The Bertz CT molecular complexity index is 461. The Hall–Kier alpha value is -0.810. The van der Waals surface area contributed by atoms with Gasteiger partial charge in [-0.1, -0.05) is 19.3 Å². The van der Waals surface area contributed by atoms with E-state index in [1.54, 1.807) is 0 Å². The Kier molecular flexibility index (Phi) is 5.05. The number of hydrogen-bond donors (Lipinski definition) is 2. The minimum Gasteiger partial charge on any atom is -0.365 e. The van der Waals surface area contributed by atoms with Crippen molar-refractivity contribution in [2.24, 2.45) is 5.92 Å². The Morgan fingerprint density at radius 2 is 2.05 bits per heavy atom. The molecule has 0 saturated heterocycles. The maximum atomic E-state index is 10.8. The first-order valence-corrected chi connectivity index (χ1v) is 8.75. The van der Waals surface area contributed by atoms with Crippen LogP contribution in [0.5, 0.6) is 0 Å².